The molecule has 0 atom stereocenters. The average Bonchev–Trinajstić information content (AvgIpc) is 3.54. The van der Waals surface area contributed by atoms with Crippen molar-refractivity contribution in [3.8, 4) is 17.1 Å². The van der Waals surface area contributed by atoms with Crippen molar-refractivity contribution >= 4 is 54.4 Å². The molecule has 4 heterocycles. The molecule has 1 fully saturated rings. The number of halogens is 1. The summed E-state index contributed by atoms with van der Waals surface area (Å²) in [4.78, 5) is 27.7. The van der Waals surface area contributed by atoms with Gasteiger partial charge >= 0.3 is 0 Å². The number of amides is 1. The van der Waals surface area contributed by atoms with Gasteiger partial charge in [0.05, 0.1) is 28.3 Å². The van der Waals surface area contributed by atoms with Crippen molar-refractivity contribution in [2.45, 2.75) is 18.7 Å². The van der Waals surface area contributed by atoms with Gasteiger partial charge in [0, 0.05) is 53.2 Å². The lowest BCUT2D eigenvalue weighted by molar-refractivity contribution is 0.0303. The molecule has 4 N–H and O–H groups in total. The summed E-state index contributed by atoms with van der Waals surface area (Å²) in [5.41, 5.74) is 6.59. The zero-order valence-electron chi connectivity index (χ0n) is 22.9. The van der Waals surface area contributed by atoms with Gasteiger partial charge in [-0.15, -0.1) is 0 Å². The molecule has 0 radical (unpaired) electrons. The number of hydrogen-bond acceptors (Lipinski definition) is 7. The topological polar surface area (TPSA) is 148 Å². The van der Waals surface area contributed by atoms with Gasteiger partial charge in [0.25, 0.3) is 5.91 Å². The number of nitrogens with one attached hydrogen (secondary N) is 2. The van der Waals surface area contributed by atoms with Gasteiger partial charge in [-0.25, -0.2) is 23.5 Å². The van der Waals surface area contributed by atoms with Crippen LogP contribution >= 0.6 is 15.9 Å². The molecule has 1 saturated heterocycles. The van der Waals surface area contributed by atoms with Crippen LogP contribution in [0.1, 0.15) is 21.7 Å². The van der Waals surface area contributed by atoms with Gasteiger partial charge in [0.2, 0.25) is 10.0 Å². The standard InChI is InChI=1S/C29H28BrN7O4S/c1-17-13-23(18(2)37(17)21-7-3-5-19(14-21)29(38)36-9-11-41-12-10-36)27-34-26-25(24(30)16-32-28(26)35-27)33-20-6-4-8-22(15-20)42(31,39)40/h3-8,13-16H,9-12H2,1-2H3,(H2,31,39,40)(H2,32,33,34,35). The third-order valence-corrected chi connectivity index (χ3v) is 8.75. The number of imidazole rings is 1. The second-order valence-electron chi connectivity index (χ2n) is 10.0. The van der Waals surface area contributed by atoms with Crippen molar-refractivity contribution in [1.82, 2.24) is 24.4 Å². The summed E-state index contributed by atoms with van der Waals surface area (Å²) < 4.78 is 31.9. The number of sulfonamides is 1. The summed E-state index contributed by atoms with van der Waals surface area (Å²) >= 11 is 3.54. The molecule has 1 amide bonds. The first-order chi connectivity index (χ1) is 20.1. The van der Waals surface area contributed by atoms with E-state index < -0.39 is 10.0 Å². The van der Waals surface area contributed by atoms with Crippen LogP contribution in [0.25, 0.3) is 28.2 Å². The number of aryl methyl sites for hydroxylation is 1. The molecule has 216 valence electrons. The van der Waals surface area contributed by atoms with Crippen LogP contribution in [-0.4, -0.2) is 65.0 Å². The third-order valence-electron chi connectivity index (χ3n) is 7.24. The van der Waals surface area contributed by atoms with Crippen molar-refractivity contribution in [3.63, 3.8) is 0 Å². The number of rotatable bonds is 6. The quantitative estimate of drug-likeness (QED) is 0.242. The lowest BCUT2D eigenvalue weighted by atomic mass is 10.1. The Hall–Kier alpha value is -4.04. The van der Waals surface area contributed by atoms with Gasteiger partial charge in [-0.05, 0) is 72.2 Å². The highest BCUT2D eigenvalue weighted by molar-refractivity contribution is 9.10. The summed E-state index contributed by atoms with van der Waals surface area (Å²) in [6.07, 6.45) is 1.65. The zero-order valence-corrected chi connectivity index (χ0v) is 25.3. The molecule has 6 rings (SSSR count). The minimum atomic E-state index is -3.86. The number of fused-ring (bicyclic) bond motifs is 1. The second-order valence-corrected chi connectivity index (χ2v) is 12.5. The summed E-state index contributed by atoms with van der Waals surface area (Å²) in [5.74, 6) is 0.614. The molecule has 0 spiro atoms. The highest BCUT2D eigenvalue weighted by atomic mass is 79.9. The molecule has 13 heteroatoms. The molecule has 0 saturated carbocycles. The third kappa shape index (κ3) is 5.31. The zero-order chi connectivity index (χ0) is 29.6. The predicted molar refractivity (Wildman–Crippen MR) is 164 cm³/mol. The number of primary sulfonamides is 1. The average molecular weight is 651 g/mol. The Morgan fingerprint density at radius 1 is 1.10 bits per heavy atom. The number of aromatic nitrogens is 4. The number of benzene rings is 2. The Morgan fingerprint density at radius 3 is 2.62 bits per heavy atom. The fourth-order valence-corrected chi connectivity index (χ4v) is 6.15. The van der Waals surface area contributed by atoms with Crippen LogP contribution in [0.3, 0.4) is 0 Å². The van der Waals surface area contributed by atoms with Crippen molar-refractivity contribution in [3.05, 3.63) is 82.2 Å². The molecular weight excluding hydrogens is 622 g/mol. The van der Waals surface area contributed by atoms with Crippen molar-refractivity contribution in [1.29, 1.82) is 0 Å². The van der Waals surface area contributed by atoms with E-state index in [1.165, 1.54) is 12.1 Å². The van der Waals surface area contributed by atoms with E-state index in [1.807, 2.05) is 49.1 Å². The van der Waals surface area contributed by atoms with E-state index in [1.54, 1.807) is 18.3 Å². The number of H-pyrrole nitrogens is 1. The van der Waals surface area contributed by atoms with E-state index in [-0.39, 0.29) is 10.8 Å². The molecule has 0 bridgehead atoms. The fraction of sp³-hybridized carbons (Fsp3) is 0.207. The van der Waals surface area contributed by atoms with E-state index in [0.29, 0.717) is 64.7 Å². The van der Waals surface area contributed by atoms with Crippen molar-refractivity contribution < 1.29 is 17.9 Å². The van der Waals surface area contributed by atoms with E-state index in [4.69, 9.17) is 14.9 Å². The van der Waals surface area contributed by atoms with E-state index in [2.05, 4.69) is 35.8 Å². The largest absolute Gasteiger partial charge is 0.378 e. The highest BCUT2D eigenvalue weighted by Gasteiger charge is 2.21. The molecule has 0 aliphatic carbocycles. The van der Waals surface area contributed by atoms with Crippen LogP contribution in [0.15, 0.2) is 70.2 Å². The van der Waals surface area contributed by atoms with Crippen LogP contribution < -0.4 is 10.5 Å². The first-order valence-electron chi connectivity index (χ1n) is 13.2. The smallest absolute Gasteiger partial charge is 0.254 e. The number of aromatic amines is 1. The van der Waals surface area contributed by atoms with Gasteiger partial charge < -0.3 is 24.5 Å². The SMILES string of the molecule is Cc1cc(-c2nc3c(Nc4cccc(S(N)(=O)=O)c4)c(Br)cnc3[nH]2)c(C)n1-c1cccc(C(=O)N2CCOCC2)c1. The second kappa shape index (κ2) is 11.0. The Morgan fingerprint density at radius 2 is 1.86 bits per heavy atom. The first kappa shape index (κ1) is 28.1. The maximum atomic E-state index is 13.1. The summed E-state index contributed by atoms with van der Waals surface area (Å²) in [5, 5.41) is 8.57. The van der Waals surface area contributed by atoms with Gasteiger partial charge in [0.1, 0.15) is 11.3 Å². The molecule has 1 aliphatic heterocycles. The van der Waals surface area contributed by atoms with Crippen LogP contribution in [-0.2, 0) is 14.8 Å². The Kier molecular flexibility index (Phi) is 7.35. The first-order valence-corrected chi connectivity index (χ1v) is 15.5. The minimum Gasteiger partial charge on any atom is -0.378 e. The van der Waals surface area contributed by atoms with Crippen LogP contribution in [0.2, 0.25) is 0 Å². The molecule has 42 heavy (non-hydrogen) atoms. The molecule has 3 aromatic heterocycles. The molecule has 2 aromatic carbocycles. The van der Waals surface area contributed by atoms with Gasteiger partial charge in [-0.2, -0.15) is 0 Å². The summed E-state index contributed by atoms with van der Waals surface area (Å²) in [6.45, 7) is 6.28. The van der Waals surface area contributed by atoms with Crippen LogP contribution in [0.5, 0.6) is 0 Å². The number of nitrogens with two attached hydrogens (primary N) is 1. The maximum Gasteiger partial charge on any atom is 0.254 e. The number of morpholine rings is 1. The van der Waals surface area contributed by atoms with Gasteiger partial charge in [-0.3, -0.25) is 4.79 Å². The number of anilines is 2. The molecule has 11 nitrogen and oxygen atoms in total. The maximum absolute atomic E-state index is 13.1. The normalized spacial score (nSPS) is 14.0. The Labute approximate surface area is 250 Å². The molecule has 0 unspecified atom stereocenters. The minimum absolute atomic E-state index is 0.000191. The molecule has 1 aliphatic rings. The van der Waals surface area contributed by atoms with Crippen molar-refractivity contribution in [2.75, 3.05) is 31.6 Å². The van der Waals surface area contributed by atoms with Crippen LogP contribution in [0, 0.1) is 13.8 Å². The number of pyridine rings is 1. The summed E-state index contributed by atoms with van der Waals surface area (Å²) in [6, 6.07) is 15.9. The Bertz CT molecular complexity index is 1940. The van der Waals surface area contributed by atoms with E-state index in [0.717, 1.165) is 22.6 Å². The van der Waals surface area contributed by atoms with Crippen molar-refractivity contribution in [2.24, 2.45) is 5.14 Å². The monoisotopic (exact) mass is 649 g/mol. The highest BCUT2D eigenvalue weighted by Crippen LogP contribution is 2.35. The van der Waals surface area contributed by atoms with E-state index >= 15 is 0 Å². The van der Waals surface area contributed by atoms with E-state index in [9.17, 15) is 13.2 Å². The summed E-state index contributed by atoms with van der Waals surface area (Å²) in [7, 11) is -3.86. The number of hydrogen-bond donors (Lipinski definition) is 3. The molecular formula is C29H28BrN7O4S. The number of carbonyl (C=O) groups is 1. The number of carbonyl (C=O) groups excluding carboxylic acids is 1. The van der Waals surface area contributed by atoms with Gasteiger partial charge in [-0.1, -0.05) is 12.1 Å². The lowest BCUT2D eigenvalue weighted by Gasteiger charge is -2.27. The fourth-order valence-electron chi connectivity index (χ4n) is 5.20. The number of ether oxygens (including phenoxy) is 1. The lowest BCUT2D eigenvalue weighted by Crippen LogP contribution is -2.40. The predicted octanol–water partition coefficient (Wildman–Crippen LogP) is 4.66. The number of nitrogens with zero attached hydrogens (tertiary/aromatic N) is 4. The molecule has 5 aromatic rings. The van der Waals surface area contributed by atoms with Crippen LogP contribution in [0.4, 0.5) is 11.4 Å². The van der Waals surface area contributed by atoms with Gasteiger partial charge in [0.15, 0.2) is 5.65 Å². The Balaban J connectivity index is 1.36.